The summed E-state index contributed by atoms with van der Waals surface area (Å²) in [5.74, 6) is -4.08. The fourth-order valence-corrected chi connectivity index (χ4v) is 3.60. The van der Waals surface area contributed by atoms with Crippen LogP contribution in [-0.2, 0) is 19.1 Å². The number of aryl methyl sites for hydroxylation is 1. The Labute approximate surface area is 182 Å². The lowest BCUT2D eigenvalue weighted by molar-refractivity contribution is -0.146. The number of aliphatic carboxylic acids is 1. The number of aromatic hydroxyl groups is 2. The zero-order valence-electron chi connectivity index (χ0n) is 17.5. The zero-order valence-corrected chi connectivity index (χ0v) is 17.5. The maximum Gasteiger partial charge on any atom is 0.342 e. The van der Waals surface area contributed by atoms with Gasteiger partial charge in [-0.1, -0.05) is 0 Å². The van der Waals surface area contributed by atoms with Gasteiger partial charge in [-0.3, -0.25) is 4.79 Å². The number of hydrogen-bond donors (Lipinski definition) is 4. The third kappa shape index (κ3) is 4.04. The number of methoxy groups -OCH3 is 1. The van der Waals surface area contributed by atoms with Crippen LogP contribution in [0.5, 0.6) is 17.2 Å². The monoisotopic (exact) mass is 446 g/mol. The largest absolute Gasteiger partial charge is 0.504 e. The molecule has 0 fully saturated rings. The molecule has 2 aliphatic rings. The lowest BCUT2D eigenvalue weighted by atomic mass is 9.77. The number of ketones is 1. The maximum atomic E-state index is 12.9. The number of Topliss-reactive ketones (excluding diaryl/α,β-unsaturated/α-hetero) is 1. The number of phenolic OH excluding ortho intramolecular Hbond substituents is 2. The van der Waals surface area contributed by atoms with Crippen molar-refractivity contribution in [3.63, 3.8) is 0 Å². The molecule has 0 bridgehead atoms. The van der Waals surface area contributed by atoms with Gasteiger partial charge in [-0.2, -0.15) is 0 Å². The molecule has 1 heterocycles. The van der Waals surface area contributed by atoms with E-state index in [1.807, 2.05) is 0 Å². The SMILES string of the molecule is COc1c(O)c(O)cc(C)c1C(=O)O[C@H]1CC2=C(COC(C=CC(=O)O)=C2)C(=O)[C@]1(C)O. The van der Waals surface area contributed by atoms with E-state index < -0.39 is 40.9 Å². The molecule has 1 aromatic carbocycles. The van der Waals surface area contributed by atoms with E-state index in [1.54, 1.807) is 0 Å². The first kappa shape index (κ1) is 22.9. The number of aliphatic hydroxyl groups is 1. The second-order valence-corrected chi connectivity index (χ2v) is 7.55. The highest BCUT2D eigenvalue weighted by Crippen LogP contribution is 2.42. The lowest BCUT2D eigenvalue weighted by Crippen LogP contribution is -2.53. The molecule has 3 rings (SSSR count). The summed E-state index contributed by atoms with van der Waals surface area (Å²) in [5, 5.41) is 39.4. The van der Waals surface area contributed by atoms with Gasteiger partial charge in [0.15, 0.2) is 22.9 Å². The molecular formula is C22H22O10. The van der Waals surface area contributed by atoms with Crippen molar-refractivity contribution in [3.8, 4) is 17.2 Å². The van der Waals surface area contributed by atoms with Gasteiger partial charge in [-0.25, -0.2) is 9.59 Å². The summed E-state index contributed by atoms with van der Waals surface area (Å²) in [6.45, 7) is 2.55. The Balaban J connectivity index is 1.94. The fraction of sp³-hybridized carbons (Fsp3) is 0.318. The number of carboxylic acids is 1. The van der Waals surface area contributed by atoms with Gasteiger partial charge in [0.05, 0.1) is 7.11 Å². The van der Waals surface area contributed by atoms with Gasteiger partial charge in [-0.05, 0) is 43.2 Å². The molecular weight excluding hydrogens is 424 g/mol. The van der Waals surface area contributed by atoms with E-state index in [9.17, 15) is 29.7 Å². The first-order valence-electron chi connectivity index (χ1n) is 9.52. The smallest absolute Gasteiger partial charge is 0.342 e. The quantitative estimate of drug-likeness (QED) is 0.297. The first-order chi connectivity index (χ1) is 15.0. The van der Waals surface area contributed by atoms with Crippen molar-refractivity contribution >= 4 is 17.7 Å². The number of rotatable bonds is 5. The number of ether oxygens (including phenoxy) is 3. The molecule has 0 unspecified atom stereocenters. The Morgan fingerprint density at radius 3 is 2.62 bits per heavy atom. The molecule has 32 heavy (non-hydrogen) atoms. The predicted molar refractivity (Wildman–Crippen MR) is 108 cm³/mol. The average Bonchev–Trinajstić information content (AvgIpc) is 2.72. The van der Waals surface area contributed by atoms with Gasteiger partial charge < -0.3 is 34.6 Å². The van der Waals surface area contributed by atoms with Crippen LogP contribution < -0.4 is 4.74 Å². The molecule has 1 aliphatic heterocycles. The normalized spacial score (nSPS) is 22.8. The maximum absolute atomic E-state index is 12.9. The second kappa shape index (κ2) is 8.39. The topological polar surface area (TPSA) is 160 Å². The fourth-order valence-electron chi connectivity index (χ4n) is 3.60. The highest BCUT2D eigenvalue weighted by molar-refractivity contribution is 6.05. The lowest BCUT2D eigenvalue weighted by Gasteiger charge is -2.38. The van der Waals surface area contributed by atoms with Gasteiger partial charge in [0.2, 0.25) is 5.75 Å². The van der Waals surface area contributed by atoms with Crippen LogP contribution in [0.2, 0.25) is 0 Å². The zero-order chi connectivity index (χ0) is 23.8. The van der Waals surface area contributed by atoms with Crippen molar-refractivity contribution < 1.29 is 49.0 Å². The van der Waals surface area contributed by atoms with Crippen LogP contribution in [0.25, 0.3) is 0 Å². The average molecular weight is 446 g/mol. The summed E-state index contributed by atoms with van der Waals surface area (Å²) in [4.78, 5) is 36.5. The van der Waals surface area contributed by atoms with Crippen LogP contribution in [0.3, 0.4) is 0 Å². The molecule has 0 saturated carbocycles. The van der Waals surface area contributed by atoms with E-state index in [2.05, 4.69) is 0 Å². The van der Waals surface area contributed by atoms with Gasteiger partial charge in [0.1, 0.15) is 24.0 Å². The molecule has 170 valence electrons. The third-order valence-electron chi connectivity index (χ3n) is 5.33. The minimum Gasteiger partial charge on any atom is -0.504 e. The summed E-state index contributed by atoms with van der Waals surface area (Å²) in [6.07, 6.45) is 2.21. The van der Waals surface area contributed by atoms with E-state index >= 15 is 0 Å². The highest BCUT2D eigenvalue weighted by Gasteiger charge is 2.49. The van der Waals surface area contributed by atoms with Crippen molar-refractivity contribution in [2.75, 3.05) is 13.7 Å². The van der Waals surface area contributed by atoms with Crippen LogP contribution in [0.4, 0.5) is 0 Å². The van der Waals surface area contributed by atoms with Crippen molar-refractivity contribution in [2.45, 2.75) is 32.0 Å². The van der Waals surface area contributed by atoms with Crippen molar-refractivity contribution in [2.24, 2.45) is 0 Å². The van der Waals surface area contributed by atoms with E-state index in [0.717, 1.165) is 12.1 Å². The molecule has 1 aliphatic carbocycles. The Morgan fingerprint density at radius 2 is 2.00 bits per heavy atom. The molecule has 2 atom stereocenters. The predicted octanol–water partition coefficient (Wildman–Crippen LogP) is 1.52. The van der Waals surface area contributed by atoms with Crippen LogP contribution in [0.15, 0.2) is 41.2 Å². The van der Waals surface area contributed by atoms with Gasteiger partial charge in [0, 0.05) is 18.1 Å². The molecule has 4 N–H and O–H groups in total. The van der Waals surface area contributed by atoms with Gasteiger partial charge in [-0.15, -0.1) is 0 Å². The summed E-state index contributed by atoms with van der Waals surface area (Å²) < 4.78 is 15.9. The number of esters is 1. The van der Waals surface area contributed by atoms with E-state index in [-0.39, 0.29) is 41.2 Å². The van der Waals surface area contributed by atoms with Gasteiger partial charge >= 0.3 is 11.9 Å². The number of carboxylic acid groups (broad SMARTS) is 1. The molecule has 0 amide bonds. The summed E-state index contributed by atoms with van der Waals surface area (Å²) in [7, 11) is 1.20. The summed E-state index contributed by atoms with van der Waals surface area (Å²) in [6, 6.07) is 1.15. The minimum atomic E-state index is -2.06. The number of allylic oxidation sites excluding steroid dienone is 2. The minimum absolute atomic E-state index is 0.0426. The Hall–Kier alpha value is -3.79. The van der Waals surface area contributed by atoms with Crippen molar-refractivity contribution in [1.82, 2.24) is 0 Å². The Kier molecular flexibility index (Phi) is 6.00. The van der Waals surface area contributed by atoms with Crippen LogP contribution in [0.1, 0.15) is 29.3 Å². The molecule has 10 nitrogen and oxygen atoms in total. The Morgan fingerprint density at radius 1 is 1.31 bits per heavy atom. The van der Waals surface area contributed by atoms with E-state index in [1.165, 1.54) is 33.1 Å². The van der Waals surface area contributed by atoms with E-state index in [0.29, 0.717) is 5.57 Å². The van der Waals surface area contributed by atoms with Crippen LogP contribution in [0, 0.1) is 6.92 Å². The molecule has 0 spiro atoms. The molecule has 0 radical (unpaired) electrons. The number of carbonyl (C=O) groups excluding carboxylic acids is 2. The molecule has 0 aromatic heterocycles. The number of hydrogen-bond acceptors (Lipinski definition) is 9. The van der Waals surface area contributed by atoms with Gasteiger partial charge in [0.25, 0.3) is 0 Å². The summed E-state index contributed by atoms with van der Waals surface area (Å²) >= 11 is 0. The highest BCUT2D eigenvalue weighted by atomic mass is 16.6. The summed E-state index contributed by atoms with van der Waals surface area (Å²) in [5.41, 5.74) is -1.34. The first-order valence-corrected chi connectivity index (χ1v) is 9.52. The van der Waals surface area contributed by atoms with Crippen molar-refractivity contribution in [3.05, 3.63) is 52.3 Å². The standard InChI is InChI=1S/C22H22O10/c1-10-6-14(23)18(26)19(30-3)17(10)21(28)32-15-8-11-7-12(4-5-16(24)25)31-9-13(11)20(27)22(15,2)29/h4-7,15,23,26,29H,8-9H2,1-3H3,(H,24,25)/t15-,22+/m0/s1. The third-order valence-corrected chi connectivity index (χ3v) is 5.33. The molecule has 0 saturated heterocycles. The second-order valence-electron chi connectivity index (χ2n) is 7.55. The van der Waals surface area contributed by atoms with E-state index in [4.69, 9.17) is 19.3 Å². The van der Waals surface area contributed by atoms with Crippen LogP contribution >= 0.6 is 0 Å². The van der Waals surface area contributed by atoms with Crippen molar-refractivity contribution in [1.29, 1.82) is 0 Å². The number of carbonyl (C=O) groups is 3. The van der Waals surface area contributed by atoms with Crippen LogP contribution in [-0.4, -0.2) is 63.6 Å². The molecule has 10 heteroatoms. The Bertz CT molecular complexity index is 1090. The number of benzene rings is 1. The molecule has 1 aromatic rings. The number of phenols is 2.